The summed E-state index contributed by atoms with van der Waals surface area (Å²) in [6.07, 6.45) is 6.08. The molecular formula is C18H18Cl2N2OS. The number of hydrazone groups is 1. The molecular weight excluding hydrogens is 363 g/mol. The van der Waals surface area contributed by atoms with Crippen LogP contribution in [-0.4, -0.2) is 12.1 Å². The lowest BCUT2D eigenvalue weighted by molar-refractivity contribution is 0.0959. The molecule has 1 atom stereocenters. The van der Waals surface area contributed by atoms with E-state index in [0.29, 0.717) is 20.5 Å². The number of benzene rings is 1. The van der Waals surface area contributed by atoms with Gasteiger partial charge < -0.3 is 0 Å². The minimum atomic E-state index is -0.183. The second-order valence-corrected chi connectivity index (χ2v) is 7.84. The smallest absolute Gasteiger partial charge is 0.266 e. The molecule has 1 amide bonds. The van der Waals surface area contributed by atoms with E-state index in [9.17, 15) is 4.79 Å². The first-order valence-corrected chi connectivity index (χ1v) is 9.54. The van der Waals surface area contributed by atoms with Gasteiger partial charge in [0.2, 0.25) is 0 Å². The molecule has 0 radical (unpaired) electrons. The largest absolute Gasteiger partial charge is 0.281 e. The van der Waals surface area contributed by atoms with Crippen LogP contribution < -0.4 is 5.43 Å². The van der Waals surface area contributed by atoms with Gasteiger partial charge in [0.15, 0.2) is 0 Å². The monoisotopic (exact) mass is 380 g/mol. The fourth-order valence-electron chi connectivity index (χ4n) is 2.90. The summed E-state index contributed by atoms with van der Waals surface area (Å²) in [5, 5.41) is 4.88. The Kier molecular flexibility index (Phi) is 5.59. The summed E-state index contributed by atoms with van der Waals surface area (Å²) < 4.78 is 0. The van der Waals surface area contributed by atoms with Crippen molar-refractivity contribution in [2.45, 2.75) is 32.6 Å². The highest BCUT2D eigenvalue weighted by molar-refractivity contribution is 7.14. The molecule has 0 unspecified atom stereocenters. The predicted molar refractivity (Wildman–Crippen MR) is 102 cm³/mol. The Morgan fingerprint density at radius 1 is 1.46 bits per heavy atom. The van der Waals surface area contributed by atoms with Crippen LogP contribution in [0.3, 0.4) is 0 Å². The van der Waals surface area contributed by atoms with Crippen LogP contribution in [0, 0.1) is 5.92 Å². The van der Waals surface area contributed by atoms with Gasteiger partial charge in [0, 0.05) is 10.4 Å². The van der Waals surface area contributed by atoms with Crippen molar-refractivity contribution in [3.63, 3.8) is 0 Å². The summed E-state index contributed by atoms with van der Waals surface area (Å²) in [5.74, 6) is 0.558. The van der Waals surface area contributed by atoms with Crippen LogP contribution in [0.5, 0.6) is 0 Å². The average molecular weight is 381 g/mol. The minimum Gasteiger partial charge on any atom is -0.266 e. The van der Waals surface area contributed by atoms with Gasteiger partial charge in [-0.1, -0.05) is 48.7 Å². The first kappa shape index (κ1) is 17.5. The summed E-state index contributed by atoms with van der Waals surface area (Å²) in [4.78, 5) is 14.3. The molecule has 3 rings (SSSR count). The zero-order valence-corrected chi connectivity index (χ0v) is 15.6. The van der Waals surface area contributed by atoms with Crippen LogP contribution in [0.2, 0.25) is 10.0 Å². The topological polar surface area (TPSA) is 41.5 Å². The number of hydrogen-bond acceptors (Lipinski definition) is 3. The van der Waals surface area contributed by atoms with Crippen molar-refractivity contribution in [3.8, 4) is 0 Å². The van der Waals surface area contributed by atoms with Crippen molar-refractivity contribution >= 4 is 46.7 Å². The van der Waals surface area contributed by atoms with Gasteiger partial charge in [-0.25, -0.2) is 5.43 Å². The van der Waals surface area contributed by atoms with Crippen molar-refractivity contribution in [2.75, 3.05) is 0 Å². The molecule has 0 spiro atoms. The van der Waals surface area contributed by atoms with Gasteiger partial charge in [-0.15, -0.1) is 11.3 Å². The molecule has 0 aliphatic heterocycles. The summed E-state index contributed by atoms with van der Waals surface area (Å²) in [5.41, 5.74) is 4.56. The molecule has 1 N–H and O–H groups in total. The van der Waals surface area contributed by atoms with Gasteiger partial charge in [0.05, 0.1) is 21.1 Å². The standard InChI is InChI=1S/C18H18Cl2N2OS/c1-2-11-6-7-15-13(8-11)9-16(24-15)18(23)22-21-10-12-4-3-5-14(19)17(12)20/h3-5,9-11H,2,6-8H2,1H3,(H,22,23)/b21-10-/t11-/m1/s1. The van der Waals surface area contributed by atoms with Crippen molar-refractivity contribution in [3.05, 3.63) is 55.2 Å². The second kappa shape index (κ2) is 7.68. The lowest BCUT2D eigenvalue weighted by Gasteiger charge is -2.19. The van der Waals surface area contributed by atoms with Gasteiger partial charge in [-0.3, -0.25) is 4.79 Å². The number of amides is 1. The normalized spacial score (nSPS) is 17.0. The summed E-state index contributed by atoms with van der Waals surface area (Å²) >= 11 is 13.6. The third-order valence-electron chi connectivity index (χ3n) is 4.34. The van der Waals surface area contributed by atoms with Gasteiger partial charge in [-0.05, 0) is 42.9 Å². The SMILES string of the molecule is CC[C@@H]1CCc2sc(C(=O)N/N=C\c3cccc(Cl)c3Cl)cc2C1. The van der Waals surface area contributed by atoms with Crippen LogP contribution in [0.1, 0.15) is 45.4 Å². The molecule has 1 aliphatic rings. The van der Waals surface area contributed by atoms with Crippen molar-refractivity contribution in [2.24, 2.45) is 11.0 Å². The fraction of sp³-hybridized carbons (Fsp3) is 0.333. The van der Waals surface area contributed by atoms with Crippen LogP contribution in [0.4, 0.5) is 0 Å². The fourth-order valence-corrected chi connectivity index (χ4v) is 4.35. The number of carbonyl (C=O) groups excluding carboxylic acids is 1. The van der Waals surface area contributed by atoms with E-state index in [4.69, 9.17) is 23.2 Å². The summed E-state index contributed by atoms with van der Waals surface area (Å²) in [7, 11) is 0. The molecule has 2 aromatic rings. The van der Waals surface area contributed by atoms with Gasteiger partial charge >= 0.3 is 0 Å². The summed E-state index contributed by atoms with van der Waals surface area (Å²) in [6.45, 7) is 2.23. The number of rotatable bonds is 4. The van der Waals surface area contributed by atoms with E-state index in [1.54, 1.807) is 29.5 Å². The molecule has 126 valence electrons. The molecule has 1 aromatic carbocycles. The highest BCUT2D eigenvalue weighted by Crippen LogP contribution is 2.33. The molecule has 0 saturated heterocycles. The Morgan fingerprint density at radius 2 is 2.29 bits per heavy atom. The first-order chi connectivity index (χ1) is 11.6. The van der Waals surface area contributed by atoms with Crippen molar-refractivity contribution < 1.29 is 4.79 Å². The van der Waals surface area contributed by atoms with E-state index in [1.807, 2.05) is 6.07 Å². The van der Waals surface area contributed by atoms with Crippen LogP contribution >= 0.6 is 34.5 Å². The number of carbonyl (C=O) groups is 1. The molecule has 1 heterocycles. The van der Waals surface area contributed by atoms with E-state index in [2.05, 4.69) is 17.5 Å². The Bertz CT molecular complexity index is 785. The third-order valence-corrected chi connectivity index (χ3v) is 6.41. The maximum absolute atomic E-state index is 12.3. The number of aryl methyl sites for hydroxylation is 1. The van der Waals surface area contributed by atoms with E-state index in [1.165, 1.54) is 29.5 Å². The zero-order chi connectivity index (χ0) is 17.1. The minimum absolute atomic E-state index is 0.183. The maximum Gasteiger partial charge on any atom is 0.281 e. The zero-order valence-electron chi connectivity index (χ0n) is 13.3. The Morgan fingerprint density at radius 3 is 3.08 bits per heavy atom. The second-order valence-electron chi connectivity index (χ2n) is 5.92. The maximum atomic E-state index is 12.3. The van der Waals surface area contributed by atoms with E-state index in [-0.39, 0.29) is 5.91 Å². The molecule has 24 heavy (non-hydrogen) atoms. The summed E-state index contributed by atoms with van der Waals surface area (Å²) in [6, 6.07) is 7.30. The highest BCUT2D eigenvalue weighted by atomic mass is 35.5. The van der Waals surface area contributed by atoms with E-state index >= 15 is 0 Å². The van der Waals surface area contributed by atoms with Crippen LogP contribution in [0.25, 0.3) is 0 Å². The molecule has 0 saturated carbocycles. The number of halogens is 2. The van der Waals surface area contributed by atoms with Gasteiger partial charge in [0.25, 0.3) is 5.91 Å². The van der Waals surface area contributed by atoms with E-state index < -0.39 is 0 Å². The predicted octanol–water partition coefficient (Wildman–Crippen LogP) is 5.33. The lowest BCUT2D eigenvalue weighted by Crippen LogP contribution is -2.16. The molecule has 0 bridgehead atoms. The number of nitrogens with one attached hydrogen (secondary N) is 1. The third kappa shape index (κ3) is 3.82. The Labute approximate surface area is 155 Å². The lowest BCUT2D eigenvalue weighted by atomic mass is 9.87. The Balaban J connectivity index is 1.67. The molecule has 1 aromatic heterocycles. The van der Waals surface area contributed by atoms with Gasteiger partial charge in [-0.2, -0.15) is 5.10 Å². The molecule has 1 aliphatic carbocycles. The number of thiophene rings is 1. The molecule has 3 nitrogen and oxygen atoms in total. The molecule has 6 heteroatoms. The number of nitrogens with zero attached hydrogens (tertiary/aromatic N) is 1. The quantitative estimate of drug-likeness (QED) is 0.564. The van der Waals surface area contributed by atoms with Crippen molar-refractivity contribution in [1.29, 1.82) is 0 Å². The van der Waals surface area contributed by atoms with Crippen LogP contribution in [-0.2, 0) is 12.8 Å². The highest BCUT2D eigenvalue weighted by Gasteiger charge is 2.21. The van der Waals surface area contributed by atoms with Gasteiger partial charge in [0.1, 0.15) is 0 Å². The van der Waals surface area contributed by atoms with Crippen molar-refractivity contribution in [1.82, 2.24) is 5.43 Å². The van der Waals surface area contributed by atoms with Crippen LogP contribution in [0.15, 0.2) is 29.4 Å². The first-order valence-electron chi connectivity index (χ1n) is 7.97. The van der Waals surface area contributed by atoms with E-state index in [0.717, 1.165) is 18.8 Å². The number of fused-ring (bicyclic) bond motifs is 1. The Hall–Kier alpha value is -1.36. The number of hydrogen-bond donors (Lipinski definition) is 1. The molecule has 0 fully saturated rings. The average Bonchev–Trinajstić information content (AvgIpc) is 3.01.